The molecule has 0 N–H and O–H groups in total. The Hall–Kier alpha value is -1.49. The second kappa shape index (κ2) is 13.6. The van der Waals surface area contributed by atoms with Gasteiger partial charge in [-0.2, -0.15) is 0 Å². The molecule has 2 nitrogen and oxygen atoms in total. The molecule has 28 heavy (non-hydrogen) atoms. The van der Waals surface area contributed by atoms with Crippen LogP contribution in [0.4, 0.5) is 4.39 Å². The third-order valence-corrected chi connectivity index (χ3v) is 8.40. The van der Waals surface area contributed by atoms with Gasteiger partial charge in [0.05, 0.1) is 6.61 Å². The first-order valence-corrected chi connectivity index (χ1v) is 12.6. The third-order valence-electron chi connectivity index (χ3n) is 4.99. The van der Waals surface area contributed by atoms with E-state index in [0.717, 1.165) is 16.8 Å². The normalized spacial score (nSPS) is 11.6. The number of hydrogen-bond acceptors (Lipinski definition) is 2. The van der Waals surface area contributed by atoms with Crippen LogP contribution in [-0.4, -0.2) is 28.4 Å². The van der Waals surface area contributed by atoms with Crippen molar-refractivity contribution in [3.8, 4) is 0 Å². The predicted molar refractivity (Wildman–Crippen MR) is 118 cm³/mol. The van der Waals surface area contributed by atoms with Crippen molar-refractivity contribution in [2.24, 2.45) is 0 Å². The van der Waals surface area contributed by atoms with Crippen LogP contribution in [0.15, 0.2) is 60.7 Å². The first kappa shape index (κ1) is 22.8. The van der Waals surface area contributed by atoms with Crippen molar-refractivity contribution in [2.75, 3.05) is 19.9 Å². The van der Waals surface area contributed by atoms with Gasteiger partial charge in [-0.3, -0.25) is 0 Å². The van der Waals surface area contributed by atoms with Crippen LogP contribution in [-0.2, 0) is 8.85 Å². The summed E-state index contributed by atoms with van der Waals surface area (Å²) in [5.41, 5.74) is 0. The maximum atomic E-state index is 13.0. The molecule has 0 amide bonds. The highest BCUT2D eigenvalue weighted by atomic mass is 28.4. The number of unbranched alkanes of at least 4 members (excludes halogenated alkanes) is 7. The minimum absolute atomic E-state index is 0.0629. The predicted octanol–water partition coefficient (Wildman–Crippen LogP) is 5.39. The first-order valence-electron chi connectivity index (χ1n) is 10.8. The molecule has 0 radical (unpaired) electrons. The number of hydrogen-bond donors (Lipinski definition) is 0. The zero-order chi connectivity index (χ0) is 19.9. The third kappa shape index (κ3) is 7.15. The van der Waals surface area contributed by atoms with Crippen molar-refractivity contribution in [3.63, 3.8) is 0 Å². The Balaban J connectivity index is 2.00. The summed E-state index contributed by atoms with van der Waals surface area (Å²) in [7, 11) is -2.89. The molecule has 0 fully saturated rings. The van der Waals surface area contributed by atoms with Crippen LogP contribution in [0, 0.1) is 0 Å². The van der Waals surface area contributed by atoms with Crippen LogP contribution in [0.25, 0.3) is 0 Å². The number of rotatable bonds is 15. The van der Waals surface area contributed by atoms with E-state index in [1.165, 1.54) is 44.9 Å². The van der Waals surface area contributed by atoms with Gasteiger partial charge < -0.3 is 8.85 Å². The van der Waals surface area contributed by atoms with Gasteiger partial charge in [0.25, 0.3) is 0 Å². The van der Waals surface area contributed by atoms with Gasteiger partial charge >= 0.3 is 8.56 Å². The molecular formula is C24H35FO2Si. The maximum Gasteiger partial charge on any atom is 0.407 e. The summed E-state index contributed by atoms with van der Waals surface area (Å²) in [5, 5.41) is 2.07. The molecule has 0 aliphatic carbocycles. The Bertz CT molecular complexity index is 582. The molecule has 0 unspecified atom stereocenters. The van der Waals surface area contributed by atoms with E-state index in [1.54, 1.807) is 0 Å². The maximum absolute atomic E-state index is 13.0. The summed E-state index contributed by atoms with van der Waals surface area (Å²) in [4.78, 5) is 0. The van der Waals surface area contributed by atoms with Crippen molar-refractivity contribution >= 4 is 18.9 Å². The number of halogens is 1. The highest BCUT2D eigenvalue weighted by molar-refractivity contribution is 6.92. The second-order valence-electron chi connectivity index (χ2n) is 7.21. The van der Waals surface area contributed by atoms with Crippen LogP contribution in [0.3, 0.4) is 0 Å². The molecule has 2 aromatic carbocycles. The van der Waals surface area contributed by atoms with Crippen LogP contribution in [0.2, 0.25) is 0 Å². The van der Waals surface area contributed by atoms with Gasteiger partial charge in [0, 0.05) is 6.61 Å². The van der Waals surface area contributed by atoms with Gasteiger partial charge in [-0.05, 0) is 16.8 Å². The molecular weight excluding hydrogens is 367 g/mol. The van der Waals surface area contributed by atoms with E-state index >= 15 is 0 Å². The summed E-state index contributed by atoms with van der Waals surface area (Å²) in [5.74, 6) is 0. The SMILES string of the molecule is CCCCCCCCCCO[Si](OCCF)(c1ccccc1)c1ccccc1. The van der Waals surface area contributed by atoms with Crippen molar-refractivity contribution in [2.45, 2.75) is 58.3 Å². The number of alkyl halides is 1. The van der Waals surface area contributed by atoms with E-state index in [9.17, 15) is 4.39 Å². The fraction of sp³-hybridized carbons (Fsp3) is 0.500. The lowest BCUT2D eigenvalue weighted by Gasteiger charge is -2.31. The zero-order valence-electron chi connectivity index (χ0n) is 17.2. The fourth-order valence-corrected chi connectivity index (χ4v) is 6.63. The average Bonchev–Trinajstić information content (AvgIpc) is 2.76. The van der Waals surface area contributed by atoms with Crippen LogP contribution >= 0.6 is 0 Å². The van der Waals surface area contributed by atoms with Gasteiger partial charge in [0.1, 0.15) is 6.67 Å². The summed E-state index contributed by atoms with van der Waals surface area (Å²) in [6, 6.07) is 20.2. The molecule has 2 rings (SSSR count). The Labute approximate surface area is 171 Å². The topological polar surface area (TPSA) is 18.5 Å². The Morgan fingerprint density at radius 3 is 1.61 bits per heavy atom. The minimum atomic E-state index is -2.89. The monoisotopic (exact) mass is 402 g/mol. The molecule has 0 aliphatic rings. The molecule has 0 atom stereocenters. The largest absolute Gasteiger partial charge is 0.407 e. The molecule has 0 aliphatic heterocycles. The van der Waals surface area contributed by atoms with Gasteiger partial charge in [-0.25, -0.2) is 4.39 Å². The molecule has 4 heteroatoms. The smallest absolute Gasteiger partial charge is 0.388 e. The van der Waals surface area contributed by atoms with Crippen LogP contribution < -0.4 is 10.4 Å². The van der Waals surface area contributed by atoms with Crippen molar-refractivity contribution < 1.29 is 13.2 Å². The molecule has 154 valence electrons. The lowest BCUT2D eigenvalue weighted by atomic mass is 10.1. The van der Waals surface area contributed by atoms with E-state index in [2.05, 4.69) is 6.92 Å². The van der Waals surface area contributed by atoms with Crippen molar-refractivity contribution in [1.29, 1.82) is 0 Å². The summed E-state index contributed by atoms with van der Waals surface area (Å²) < 4.78 is 25.7. The molecule has 0 bridgehead atoms. The van der Waals surface area contributed by atoms with Gasteiger partial charge in [-0.15, -0.1) is 0 Å². The zero-order valence-corrected chi connectivity index (χ0v) is 18.2. The standard InChI is InChI=1S/C24H35FO2Si/c1-2-3-4-5-6-7-8-15-21-26-28(27-22-20-25,23-16-11-9-12-17-23)24-18-13-10-14-19-24/h9-14,16-19H,2-8,15,20-22H2,1H3. The lowest BCUT2D eigenvalue weighted by molar-refractivity contribution is 0.175. The second-order valence-corrected chi connectivity index (χ2v) is 10.2. The van der Waals surface area contributed by atoms with E-state index in [0.29, 0.717) is 6.61 Å². The Morgan fingerprint density at radius 1 is 0.643 bits per heavy atom. The summed E-state index contributed by atoms with van der Waals surface area (Å²) in [6.07, 6.45) is 10.1. The van der Waals surface area contributed by atoms with Crippen molar-refractivity contribution in [1.82, 2.24) is 0 Å². The molecule has 2 aromatic rings. The van der Waals surface area contributed by atoms with E-state index < -0.39 is 15.2 Å². The minimum Gasteiger partial charge on any atom is -0.388 e. The van der Waals surface area contributed by atoms with Gasteiger partial charge in [0.15, 0.2) is 0 Å². The summed E-state index contributed by atoms with van der Waals surface area (Å²) >= 11 is 0. The summed E-state index contributed by atoms with van der Waals surface area (Å²) in [6.45, 7) is 2.46. The van der Waals surface area contributed by atoms with Gasteiger partial charge in [0.2, 0.25) is 0 Å². The lowest BCUT2D eigenvalue weighted by Crippen LogP contribution is -2.63. The highest BCUT2D eigenvalue weighted by Crippen LogP contribution is 2.13. The Morgan fingerprint density at radius 2 is 1.11 bits per heavy atom. The molecule has 0 saturated heterocycles. The fourth-order valence-electron chi connectivity index (χ4n) is 3.49. The number of benzene rings is 2. The first-order chi connectivity index (χ1) is 13.8. The molecule has 0 aromatic heterocycles. The molecule has 0 spiro atoms. The molecule has 0 saturated carbocycles. The van der Waals surface area contributed by atoms with Crippen LogP contribution in [0.5, 0.6) is 0 Å². The van der Waals surface area contributed by atoms with Crippen LogP contribution in [0.1, 0.15) is 58.3 Å². The molecule has 0 heterocycles. The van der Waals surface area contributed by atoms with E-state index in [4.69, 9.17) is 8.85 Å². The van der Waals surface area contributed by atoms with E-state index in [-0.39, 0.29) is 6.61 Å². The van der Waals surface area contributed by atoms with E-state index in [1.807, 2.05) is 60.7 Å². The highest BCUT2D eigenvalue weighted by Gasteiger charge is 2.42. The van der Waals surface area contributed by atoms with Crippen molar-refractivity contribution in [3.05, 3.63) is 60.7 Å². The average molecular weight is 403 g/mol. The van der Waals surface area contributed by atoms with Gasteiger partial charge in [-0.1, -0.05) is 113 Å². The quantitative estimate of drug-likeness (QED) is 0.294. The Kier molecular flexibility index (Phi) is 11.1.